The van der Waals surface area contributed by atoms with E-state index >= 15 is 0 Å². The molecule has 104 valence electrons. The lowest BCUT2D eigenvalue weighted by atomic mass is 10.1. The Morgan fingerprint density at radius 3 is 2.65 bits per heavy atom. The average molecular weight is 268 g/mol. The Balaban J connectivity index is 2.15. The van der Waals surface area contributed by atoms with Gasteiger partial charge in [-0.15, -0.1) is 0 Å². The molecule has 1 amide bonds. The van der Waals surface area contributed by atoms with Crippen molar-refractivity contribution in [3.63, 3.8) is 0 Å². The standard InChI is InChI=1S/C17H20N2O/c1-3-18-12-15-8-4-5-10-16(15)19-17(20)14-9-6-7-13(2)11-14/h4-11,18H,3,12H2,1-2H3,(H,19,20). The highest BCUT2D eigenvalue weighted by Crippen LogP contribution is 2.16. The number of hydrogen-bond acceptors (Lipinski definition) is 2. The van der Waals surface area contributed by atoms with Crippen molar-refractivity contribution in [3.05, 3.63) is 65.2 Å². The van der Waals surface area contributed by atoms with Crippen LogP contribution in [0.1, 0.15) is 28.4 Å². The first-order chi connectivity index (χ1) is 9.70. The van der Waals surface area contributed by atoms with Gasteiger partial charge in [0, 0.05) is 17.8 Å². The Hall–Kier alpha value is -2.13. The highest BCUT2D eigenvalue weighted by Gasteiger charge is 2.08. The lowest BCUT2D eigenvalue weighted by Gasteiger charge is -2.11. The van der Waals surface area contributed by atoms with E-state index in [2.05, 4.69) is 17.6 Å². The van der Waals surface area contributed by atoms with Crippen molar-refractivity contribution in [2.24, 2.45) is 0 Å². The third-order valence-corrected chi connectivity index (χ3v) is 3.11. The van der Waals surface area contributed by atoms with Gasteiger partial charge in [-0.3, -0.25) is 4.79 Å². The molecule has 0 heterocycles. The number of para-hydroxylation sites is 1. The van der Waals surface area contributed by atoms with Crippen molar-refractivity contribution in [1.82, 2.24) is 5.32 Å². The molecule has 2 N–H and O–H groups in total. The summed E-state index contributed by atoms with van der Waals surface area (Å²) >= 11 is 0. The second-order valence-corrected chi connectivity index (χ2v) is 4.76. The molecule has 0 aliphatic rings. The van der Waals surface area contributed by atoms with Gasteiger partial charge in [-0.1, -0.05) is 42.8 Å². The second-order valence-electron chi connectivity index (χ2n) is 4.76. The predicted molar refractivity (Wildman–Crippen MR) is 83.0 cm³/mol. The molecule has 0 spiro atoms. The number of benzene rings is 2. The monoisotopic (exact) mass is 268 g/mol. The number of amides is 1. The van der Waals surface area contributed by atoms with Gasteiger partial charge in [-0.2, -0.15) is 0 Å². The first kappa shape index (κ1) is 14.3. The van der Waals surface area contributed by atoms with Crippen LogP contribution in [-0.4, -0.2) is 12.5 Å². The summed E-state index contributed by atoms with van der Waals surface area (Å²) in [6, 6.07) is 15.5. The molecule has 2 aromatic rings. The van der Waals surface area contributed by atoms with Gasteiger partial charge in [-0.05, 0) is 37.2 Å². The summed E-state index contributed by atoms with van der Waals surface area (Å²) < 4.78 is 0. The molecule has 0 unspecified atom stereocenters. The average Bonchev–Trinajstić information content (AvgIpc) is 2.46. The number of anilines is 1. The van der Waals surface area contributed by atoms with Gasteiger partial charge < -0.3 is 10.6 Å². The molecule has 3 nitrogen and oxygen atoms in total. The Kier molecular flexibility index (Phi) is 4.91. The van der Waals surface area contributed by atoms with Crippen molar-refractivity contribution in [2.45, 2.75) is 20.4 Å². The third-order valence-electron chi connectivity index (χ3n) is 3.11. The quantitative estimate of drug-likeness (QED) is 0.873. The highest BCUT2D eigenvalue weighted by molar-refractivity contribution is 6.04. The van der Waals surface area contributed by atoms with Crippen molar-refractivity contribution in [3.8, 4) is 0 Å². The SMILES string of the molecule is CCNCc1ccccc1NC(=O)c1cccc(C)c1. The van der Waals surface area contributed by atoms with Crippen LogP contribution in [-0.2, 0) is 6.54 Å². The Morgan fingerprint density at radius 1 is 1.10 bits per heavy atom. The maximum Gasteiger partial charge on any atom is 0.255 e. The van der Waals surface area contributed by atoms with Gasteiger partial charge in [0.2, 0.25) is 0 Å². The summed E-state index contributed by atoms with van der Waals surface area (Å²) in [5, 5.41) is 6.26. The minimum absolute atomic E-state index is 0.0716. The fourth-order valence-electron chi connectivity index (χ4n) is 2.04. The first-order valence-electron chi connectivity index (χ1n) is 6.87. The van der Waals surface area contributed by atoms with Crippen molar-refractivity contribution < 1.29 is 4.79 Å². The molecule has 3 heteroatoms. The van der Waals surface area contributed by atoms with Gasteiger partial charge in [-0.25, -0.2) is 0 Å². The van der Waals surface area contributed by atoms with Crippen LogP contribution in [0.15, 0.2) is 48.5 Å². The van der Waals surface area contributed by atoms with E-state index in [1.807, 2.05) is 55.5 Å². The zero-order valence-corrected chi connectivity index (χ0v) is 11.9. The molecule has 0 fully saturated rings. The number of nitrogens with one attached hydrogen (secondary N) is 2. The zero-order valence-electron chi connectivity index (χ0n) is 11.9. The zero-order chi connectivity index (χ0) is 14.4. The minimum atomic E-state index is -0.0716. The summed E-state index contributed by atoms with van der Waals surface area (Å²) in [6.45, 7) is 5.70. The van der Waals surface area contributed by atoms with Crippen molar-refractivity contribution in [2.75, 3.05) is 11.9 Å². The van der Waals surface area contributed by atoms with Crippen LogP contribution in [0, 0.1) is 6.92 Å². The van der Waals surface area contributed by atoms with E-state index in [4.69, 9.17) is 0 Å². The highest BCUT2D eigenvalue weighted by atomic mass is 16.1. The van der Waals surface area contributed by atoms with Gasteiger partial charge >= 0.3 is 0 Å². The van der Waals surface area contributed by atoms with Crippen LogP contribution in [0.5, 0.6) is 0 Å². The number of hydrogen-bond donors (Lipinski definition) is 2. The molecule has 2 rings (SSSR count). The van der Waals surface area contributed by atoms with E-state index in [9.17, 15) is 4.79 Å². The lowest BCUT2D eigenvalue weighted by Crippen LogP contribution is -2.17. The van der Waals surface area contributed by atoms with Crippen LogP contribution in [0.4, 0.5) is 5.69 Å². The minimum Gasteiger partial charge on any atom is -0.322 e. The molecule has 0 radical (unpaired) electrons. The molecule has 0 bridgehead atoms. The first-order valence-corrected chi connectivity index (χ1v) is 6.87. The number of carbonyl (C=O) groups is 1. The largest absolute Gasteiger partial charge is 0.322 e. The third kappa shape index (κ3) is 3.68. The molecular weight excluding hydrogens is 248 g/mol. The molecule has 0 saturated heterocycles. The van der Waals surface area contributed by atoms with E-state index in [0.717, 1.165) is 29.9 Å². The van der Waals surface area contributed by atoms with Crippen LogP contribution >= 0.6 is 0 Å². The molecule has 2 aromatic carbocycles. The maximum absolute atomic E-state index is 12.3. The normalized spacial score (nSPS) is 10.3. The summed E-state index contributed by atoms with van der Waals surface area (Å²) in [5.74, 6) is -0.0716. The van der Waals surface area contributed by atoms with Crippen LogP contribution in [0.2, 0.25) is 0 Å². The van der Waals surface area contributed by atoms with Crippen LogP contribution < -0.4 is 10.6 Å². The van der Waals surface area contributed by atoms with E-state index in [1.165, 1.54) is 0 Å². The summed E-state index contributed by atoms with van der Waals surface area (Å²) in [4.78, 5) is 12.3. The smallest absolute Gasteiger partial charge is 0.255 e. The lowest BCUT2D eigenvalue weighted by molar-refractivity contribution is 0.102. The second kappa shape index (κ2) is 6.87. The number of rotatable bonds is 5. The number of aryl methyl sites for hydroxylation is 1. The summed E-state index contributed by atoms with van der Waals surface area (Å²) in [6.07, 6.45) is 0. The fraction of sp³-hybridized carbons (Fsp3) is 0.235. The Morgan fingerprint density at radius 2 is 1.90 bits per heavy atom. The molecular formula is C17H20N2O. The van der Waals surface area contributed by atoms with Crippen molar-refractivity contribution >= 4 is 11.6 Å². The van der Waals surface area contributed by atoms with Crippen LogP contribution in [0.3, 0.4) is 0 Å². The molecule has 0 saturated carbocycles. The molecule has 20 heavy (non-hydrogen) atoms. The predicted octanol–water partition coefficient (Wildman–Crippen LogP) is 3.36. The summed E-state index contributed by atoms with van der Waals surface area (Å²) in [5.41, 5.74) is 3.72. The fourth-order valence-corrected chi connectivity index (χ4v) is 2.04. The topological polar surface area (TPSA) is 41.1 Å². The van der Waals surface area contributed by atoms with E-state index in [0.29, 0.717) is 5.56 Å². The van der Waals surface area contributed by atoms with E-state index < -0.39 is 0 Å². The Bertz CT molecular complexity index is 593. The van der Waals surface area contributed by atoms with Gasteiger partial charge in [0.1, 0.15) is 0 Å². The van der Waals surface area contributed by atoms with Crippen LogP contribution in [0.25, 0.3) is 0 Å². The molecule has 0 aromatic heterocycles. The summed E-state index contributed by atoms with van der Waals surface area (Å²) in [7, 11) is 0. The Labute approximate surface area is 120 Å². The molecule has 0 aliphatic carbocycles. The van der Waals surface area contributed by atoms with E-state index in [-0.39, 0.29) is 5.91 Å². The van der Waals surface area contributed by atoms with E-state index in [1.54, 1.807) is 0 Å². The maximum atomic E-state index is 12.3. The van der Waals surface area contributed by atoms with Gasteiger partial charge in [0.05, 0.1) is 0 Å². The van der Waals surface area contributed by atoms with Gasteiger partial charge in [0.25, 0.3) is 5.91 Å². The molecule has 0 aliphatic heterocycles. The van der Waals surface area contributed by atoms with Crippen molar-refractivity contribution in [1.29, 1.82) is 0 Å². The van der Waals surface area contributed by atoms with Gasteiger partial charge in [0.15, 0.2) is 0 Å². The molecule has 0 atom stereocenters. The number of carbonyl (C=O) groups excluding carboxylic acids is 1.